The highest BCUT2D eigenvalue weighted by Crippen LogP contribution is 2.59. The van der Waals surface area contributed by atoms with Gasteiger partial charge in [0.15, 0.2) is 0 Å². The first-order valence-electron chi connectivity index (χ1n) is 8.57. The van der Waals surface area contributed by atoms with E-state index in [1.165, 1.54) is 0 Å². The van der Waals surface area contributed by atoms with Crippen molar-refractivity contribution in [2.45, 2.75) is 32.2 Å². The van der Waals surface area contributed by atoms with Gasteiger partial charge in [-0.3, -0.25) is 4.79 Å². The highest BCUT2D eigenvalue weighted by molar-refractivity contribution is 5.85. The smallest absolute Gasteiger partial charge is 0.226 e. The summed E-state index contributed by atoms with van der Waals surface area (Å²) in [7, 11) is 1.91. The van der Waals surface area contributed by atoms with Gasteiger partial charge < -0.3 is 14.6 Å². The van der Waals surface area contributed by atoms with E-state index in [-0.39, 0.29) is 35.7 Å². The number of hydrogen-bond donors (Lipinski definition) is 1. The average molecular weight is 349 g/mol. The number of fused-ring (bicyclic) bond motifs is 1. The Kier molecular flexibility index (Phi) is 4.63. The lowest BCUT2D eigenvalue weighted by molar-refractivity contribution is -0.134. The number of furan rings is 1. The molecule has 130 valence electrons. The molecule has 1 saturated heterocycles. The quantitative estimate of drug-likeness (QED) is 0.918. The average Bonchev–Trinajstić information content (AvgIpc) is 3.08. The van der Waals surface area contributed by atoms with Crippen LogP contribution in [0.2, 0.25) is 0 Å². The van der Waals surface area contributed by atoms with E-state index in [4.69, 9.17) is 4.42 Å². The summed E-state index contributed by atoms with van der Waals surface area (Å²) in [5.74, 6) is 1.35. The zero-order chi connectivity index (χ0) is 16.0. The maximum absolute atomic E-state index is 12.9. The van der Waals surface area contributed by atoms with E-state index >= 15 is 0 Å². The molecule has 2 heterocycles. The molecule has 1 saturated carbocycles. The molecule has 0 radical (unpaired) electrons. The number of hydrogen-bond acceptors (Lipinski definition) is 3. The van der Waals surface area contributed by atoms with Gasteiger partial charge in [0.25, 0.3) is 0 Å². The molecule has 4 nitrogen and oxygen atoms in total. The van der Waals surface area contributed by atoms with Gasteiger partial charge in [-0.15, -0.1) is 12.4 Å². The van der Waals surface area contributed by atoms with Crippen molar-refractivity contribution in [2.75, 3.05) is 20.1 Å². The number of carbonyl (C=O) groups is 1. The molecule has 1 N–H and O–H groups in total. The van der Waals surface area contributed by atoms with Gasteiger partial charge in [-0.25, -0.2) is 0 Å². The summed E-state index contributed by atoms with van der Waals surface area (Å²) >= 11 is 0. The first-order valence-corrected chi connectivity index (χ1v) is 8.57. The molecule has 2 aliphatic rings. The molecule has 1 amide bonds. The minimum Gasteiger partial charge on any atom is -0.459 e. The minimum absolute atomic E-state index is 0. The van der Waals surface area contributed by atoms with Crippen LogP contribution in [0.5, 0.6) is 0 Å². The normalized spacial score (nSPS) is 22.8. The van der Waals surface area contributed by atoms with Crippen molar-refractivity contribution in [1.82, 2.24) is 10.2 Å². The van der Waals surface area contributed by atoms with Crippen molar-refractivity contribution in [3.8, 4) is 0 Å². The summed E-state index contributed by atoms with van der Waals surface area (Å²) in [6.45, 7) is 4.15. The van der Waals surface area contributed by atoms with E-state index < -0.39 is 0 Å². The Balaban J connectivity index is 0.00000169. The molecule has 2 atom stereocenters. The predicted octanol–water partition coefficient (Wildman–Crippen LogP) is 3.76. The summed E-state index contributed by atoms with van der Waals surface area (Å²) in [6, 6.07) is 10.0. The molecule has 1 aliphatic carbocycles. The molecule has 1 aliphatic heterocycles. The number of halogens is 1. The van der Waals surface area contributed by atoms with Crippen molar-refractivity contribution in [1.29, 1.82) is 0 Å². The van der Waals surface area contributed by atoms with Gasteiger partial charge in [0.2, 0.25) is 5.91 Å². The zero-order valence-corrected chi connectivity index (χ0v) is 15.1. The van der Waals surface area contributed by atoms with E-state index in [1.54, 1.807) is 0 Å². The Morgan fingerprint density at radius 1 is 1.33 bits per heavy atom. The SMILES string of the molecule is CC(c1cc2ccccc2o1)N(C)C(=O)C1CC12CCNCC2.Cl. The Morgan fingerprint density at radius 2 is 2.04 bits per heavy atom. The van der Waals surface area contributed by atoms with Crippen LogP contribution in [0.4, 0.5) is 0 Å². The molecular formula is C19H25ClN2O2. The second-order valence-corrected chi connectivity index (χ2v) is 7.18. The van der Waals surface area contributed by atoms with E-state index in [0.717, 1.165) is 49.1 Å². The van der Waals surface area contributed by atoms with Crippen molar-refractivity contribution in [3.63, 3.8) is 0 Å². The highest BCUT2D eigenvalue weighted by atomic mass is 35.5. The fourth-order valence-corrected chi connectivity index (χ4v) is 4.01. The van der Waals surface area contributed by atoms with Gasteiger partial charge in [-0.2, -0.15) is 0 Å². The molecule has 2 aromatic rings. The number of rotatable bonds is 3. The number of nitrogens with zero attached hydrogens (tertiary/aromatic N) is 1. The van der Waals surface area contributed by atoms with E-state index in [9.17, 15) is 4.79 Å². The van der Waals surface area contributed by atoms with E-state index in [1.807, 2.05) is 43.1 Å². The first kappa shape index (κ1) is 17.3. The van der Waals surface area contributed by atoms with Crippen LogP contribution in [0.15, 0.2) is 34.7 Å². The summed E-state index contributed by atoms with van der Waals surface area (Å²) in [6.07, 6.45) is 3.33. The Hall–Kier alpha value is -1.52. The first-order chi connectivity index (χ1) is 11.1. The van der Waals surface area contributed by atoms with Gasteiger partial charge in [0.1, 0.15) is 11.3 Å². The van der Waals surface area contributed by atoms with Gasteiger partial charge in [-0.1, -0.05) is 18.2 Å². The molecule has 1 spiro atoms. The fourth-order valence-electron chi connectivity index (χ4n) is 4.01. The third kappa shape index (κ3) is 2.82. The second kappa shape index (κ2) is 6.41. The van der Waals surface area contributed by atoms with Crippen LogP contribution in [0.25, 0.3) is 11.0 Å². The van der Waals surface area contributed by atoms with Crippen molar-refractivity contribution in [3.05, 3.63) is 36.1 Å². The Morgan fingerprint density at radius 3 is 2.75 bits per heavy atom. The number of carbonyl (C=O) groups excluding carboxylic acids is 1. The minimum atomic E-state index is -0.0331. The van der Waals surface area contributed by atoms with Crippen LogP contribution < -0.4 is 5.32 Å². The molecule has 5 heteroatoms. The summed E-state index contributed by atoms with van der Waals surface area (Å²) in [5.41, 5.74) is 1.17. The zero-order valence-electron chi connectivity index (χ0n) is 14.2. The highest BCUT2D eigenvalue weighted by Gasteiger charge is 2.58. The van der Waals surface area contributed by atoms with Gasteiger partial charge in [0, 0.05) is 18.4 Å². The molecule has 1 aromatic heterocycles. The number of piperidine rings is 1. The number of amides is 1. The molecule has 24 heavy (non-hydrogen) atoms. The fraction of sp³-hybridized carbons (Fsp3) is 0.526. The van der Waals surface area contributed by atoms with E-state index in [0.29, 0.717) is 0 Å². The Bertz CT molecular complexity index is 703. The van der Waals surface area contributed by atoms with Crippen molar-refractivity contribution < 1.29 is 9.21 Å². The third-order valence-electron chi connectivity index (χ3n) is 5.87. The molecular weight excluding hydrogens is 324 g/mol. The second-order valence-electron chi connectivity index (χ2n) is 7.18. The van der Waals surface area contributed by atoms with Crippen LogP contribution in [-0.2, 0) is 4.79 Å². The van der Waals surface area contributed by atoms with Crippen LogP contribution in [0.3, 0.4) is 0 Å². The van der Waals surface area contributed by atoms with Crippen LogP contribution in [-0.4, -0.2) is 30.9 Å². The summed E-state index contributed by atoms with van der Waals surface area (Å²) in [5, 5.41) is 4.49. The lowest BCUT2D eigenvalue weighted by atomic mass is 9.91. The standard InChI is InChI=1S/C19H24N2O2.ClH/c1-13(17-11-14-5-3-4-6-16(14)23-17)21(2)18(22)15-12-19(15)7-9-20-10-8-19;/h3-6,11,13,15,20H,7-10,12H2,1-2H3;1H. The van der Waals surface area contributed by atoms with Gasteiger partial charge in [-0.05, 0) is 56.8 Å². The summed E-state index contributed by atoms with van der Waals surface area (Å²) in [4.78, 5) is 14.7. The molecule has 2 unspecified atom stereocenters. The predicted molar refractivity (Wildman–Crippen MR) is 97.3 cm³/mol. The van der Waals surface area contributed by atoms with Crippen molar-refractivity contribution >= 4 is 29.3 Å². The summed E-state index contributed by atoms with van der Waals surface area (Å²) < 4.78 is 5.93. The molecule has 2 fully saturated rings. The van der Waals surface area contributed by atoms with E-state index in [2.05, 4.69) is 11.4 Å². The maximum Gasteiger partial charge on any atom is 0.226 e. The lowest BCUT2D eigenvalue weighted by Crippen LogP contribution is -2.35. The van der Waals surface area contributed by atoms with Crippen LogP contribution >= 0.6 is 12.4 Å². The van der Waals surface area contributed by atoms with Crippen LogP contribution in [0, 0.1) is 11.3 Å². The third-order valence-corrected chi connectivity index (χ3v) is 5.87. The monoisotopic (exact) mass is 348 g/mol. The van der Waals surface area contributed by atoms with Gasteiger partial charge in [0.05, 0.1) is 6.04 Å². The van der Waals surface area contributed by atoms with Crippen LogP contribution in [0.1, 0.15) is 38.0 Å². The maximum atomic E-state index is 12.9. The van der Waals surface area contributed by atoms with Gasteiger partial charge >= 0.3 is 0 Å². The molecule has 4 rings (SSSR count). The van der Waals surface area contributed by atoms with Crippen molar-refractivity contribution in [2.24, 2.45) is 11.3 Å². The molecule has 0 bridgehead atoms. The number of para-hydroxylation sites is 1. The Labute approximate surface area is 149 Å². The number of benzene rings is 1. The topological polar surface area (TPSA) is 45.5 Å². The lowest BCUT2D eigenvalue weighted by Gasteiger charge is -2.27. The molecule has 1 aromatic carbocycles. The largest absolute Gasteiger partial charge is 0.459 e. The number of nitrogens with one attached hydrogen (secondary N) is 1.